The number of carbonyl (C=O) groups excluding carboxylic acids is 1. The number of amides is 2. The number of aromatic amines is 1. The van der Waals surface area contributed by atoms with Crippen molar-refractivity contribution in [2.45, 2.75) is 50.5 Å². The van der Waals surface area contributed by atoms with E-state index in [1.807, 2.05) is 12.1 Å². The highest BCUT2D eigenvalue weighted by Gasteiger charge is 2.32. The van der Waals surface area contributed by atoms with Gasteiger partial charge in [-0.15, -0.1) is 0 Å². The van der Waals surface area contributed by atoms with E-state index in [1.54, 1.807) is 12.1 Å². The van der Waals surface area contributed by atoms with E-state index >= 15 is 0 Å². The maximum Gasteiger partial charge on any atom is 0.401 e. The number of alkyl halides is 3. The average Bonchev–Trinajstić information content (AvgIpc) is 2.73. The fourth-order valence-electron chi connectivity index (χ4n) is 3.71. The van der Waals surface area contributed by atoms with Crippen molar-refractivity contribution in [1.82, 2.24) is 15.6 Å². The Balaban J connectivity index is 1.61. The lowest BCUT2D eigenvalue weighted by molar-refractivity contribution is -0.126. The summed E-state index contributed by atoms with van der Waals surface area (Å²) in [4.78, 5) is 27.7. The van der Waals surface area contributed by atoms with Crippen LogP contribution in [0.25, 0.3) is 11.1 Å². The Kier molecular flexibility index (Phi) is 7.34. The lowest BCUT2D eigenvalue weighted by Crippen LogP contribution is -2.54. The van der Waals surface area contributed by atoms with Gasteiger partial charge in [-0.05, 0) is 24.0 Å². The van der Waals surface area contributed by atoms with Gasteiger partial charge in [0.25, 0.3) is 0 Å². The Labute approximate surface area is 177 Å². The van der Waals surface area contributed by atoms with E-state index in [9.17, 15) is 22.8 Å². The van der Waals surface area contributed by atoms with Crippen LogP contribution in [0.1, 0.15) is 31.2 Å². The van der Waals surface area contributed by atoms with E-state index in [-0.39, 0.29) is 11.2 Å². The highest BCUT2D eigenvalue weighted by molar-refractivity contribution is 5.88. The summed E-state index contributed by atoms with van der Waals surface area (Å²) in [7, 11) is 0. The van der Waals surface area contributed by atoms with Crippen molar-refractivity contribution in [2.75, 3.05) is 11.9 Å². The van der Waals surface area contributed by atoms with E-state index in [1.165, 1.54) is 12.3 Å². The Morgan fingerprint density at radius 1 is 1.13 bits per heavy atom. The van der Waals surface area contributed by atoms with Crippen molar-refractivity contribution in [3.8, 4) is 11.1 Å². The summed E-state index contributed by atoms with van der Waals surface area (Å²) in [5, 5.41) is 7.76. The number of pyridine rings is 1. The molecule has 1 aliphatic rings. The third-order valence-corrected chi connectivity index (χ3v) is 5.31. The maximum atomic E-state index is 12.5. The normalized spacial score (nSPS) is 19.1. The number of benzene rings is 1. The number of urea groups is 1. The van der Waals surface area contributed by atoms with Gasteiger partial charge in [0.1, 0.15) is 5.82 Å². The summed E-state index contributed by atoms with van der Waals surface area (Å²) in [6, 6.07) is 7.06. The zero-order valence-corrected chi connectivity index (χ0v) is 16.9. The summed E-state index contributed by atoms with van der Waals surface area (Å²) in [6.45, 7) is -0.694. The van der Waals surface area contributed by atoms with Gasteiger partial charge in [0.05, 0.1) is 6.54 Å². The van der Waals surface area contributed by atoms with Crippen LogP contribution in [-0.2, 0) is 6.54 Å². The molecule has 7 nitrogen and oxygen atoms in total. The zero-order chi connectivity index (χ0) is 22.4. The first-order valence-electron chi connectivity index (χ1n) is 10.1. The van der Waals surface area contributed by atoms with Gasteiger partial charge in [0.15, 0.2) is 5.43 Å². The number of anilines is 1. The summed E-state index contributed by atoms with van der Waals surface area (Å²) in [6.07, 6.45) is -0.0491. The van der Waals surface area contributed by atoms with Gasteiger partial charge in [-0.3, -0.25) is 10.1 Å². The second-order valence-electron chi connectivity index (χ2n) is 7.62. The maximum absolute atomic E-state index is 12.5. The first-order chi connectivity index (χ1) is 14.7. The third kappa shape index (κ3) is 6.56. The smallest absolute Gasteiger partial charge is 0.347 e. The van der Waals surface area contributed by atoms with Crippen molar-refractivity contribution in [3.63, 3.8) is 0 Å². The molecule has 3 rings (SSSR count). The molecular formula is C21H26F3N5O2. The zero-order valence-electron chi connectivity index (χ0n) is 16.9. The number of nitrogens with two attached hydrogens (primary N) is 1. The van der Waals surface area contributed by atoms with Crippen LogP contribution in [0.4, 0.5) is 23.8 Å². The molecule has 6 N–H and O–H groups in total. The lowest BCUT2D eigenvalue weighted by Gasteiger charge is -2.33. The predicted octanol–water partition coefficient (Wildman–Crippen LogP) is 3.09. The molecule has 0 spiro atoms. The van der Waals surface area contributed by atoms with Crippen LogP contribution in [0.2, 0.25) is 0 Å². The van der Waals surface area contributed by atoms with Crippen molar-refractivity contribution in [2.24, 2.45) is 5.73 Å². The SMILES string of the molecule is NCc1ccc(-c2c[nH]c(NC(=O)NC3CCCC[C@H]3NCC(F)(F)F)cc2=O)cc1. The van der Waals surface area contributed by atoms with E-state index in [4.69, 9.17) is 5.73 Å². The van der Waals surface area contributed by atoms with Crippen molar-refractivity contribution in [3.05, 3.63) is 52.3 Å². The molecule has 1 aromatic heterocycles. The van der Waals surface area contributed by atoms with Crippen LogP contribution in [0.3, 0.4) is 0 Å². The van der Waals surface area contributed by atoms with Gasteiger partial charge < -0.3 is 21.4 Å². The molecule has 0 radical (unpaired) electrons. The van der Waals surface area contributed by atoms with Crippen LogP contribution in [0.15, 0.2) is 41.3 Å². The Morgan fingerprint density at radius 3 is 2.42 bits per heavy atom. The topological polar surface area (TPSA) is 112 Å². The largest absolute Gasteiger partial charge is 0.401 e. The first kappa shape index (κ1) is 22.8. The molecule has 2 amide bonds. The van der Waals surface area contributed by atoms with Crippen molar-refractivity contribution >= 4 is 11.8 Å². The molecule has 0 bridgehead atoms. The van der Waals surface area contributed by atoms with Gasteiger partial charge in [0, 0.05) is 36.5 Å². The van der Waals surface area contributed by atoms with E-state index in [0.717, 1.165) is 24.0 Å². The van der Waals surface area contributed by atoms with Crippen LogP contribution >= 0.6 is 0 Å². The van der Waals surface area contributed by atoms with Crippen LogP contribution in [-0.4, -0.2) is 35.8 Å². The Bertz CT molecular complexity index is 943. The third-order valence-electron chi connectivity index (χ3n) is 5.31. The standard InChI is InChI=1S/C21H26F3N5O2/c22-21(23,24)12-27-16-3-1-2-4-17(16)28-20(31)29-19-9-18(30)15(11-26-19)14-7-5-13(10-25)6-8-14/h5-9,11,16-17,27H,1-4,10,12,25H2,(H3,26,28,29,30,31)/t16-,17?/m1/s1. The second kappa shape index (κ2) is 9.97. The summed E-state index contributed by atoms with van der Waals surface area (Å²) in [5.41, 5.74) is 7.40. The lowest BCUT2D eigenvalue weighted by atomic mass is 9.90. The first-order valence-corrected chi connectivity index (χ1v) is 10.1. The molecule has 10 heteroatoms. The number of hydrogen-bond donors (Lipinski definition) is 5. The fraction of sp³-hybridized carbons (Fsp3) is 0.429. The van der Waals surface area contributed by atoms with Gasteiger partial charge >= 0.3 is 12.2 Å². The number of rotatable bonds is 6. The Morgan fingerprint density at radius 2 is 1.81 bits per heavy atom. The summed E-state index contributed by atoms with van der Waals surface area (Å²) >= 11 is 0. The number of nitrogens with one attached hydrogen (secondary N) is 4. The summed E-state index contributed by atoms with van der Waals surface area (Å²) < 4.78 is 37.6. The highest BCUT2D eigenvalue weighted by Crippen LogP contribution is 2.21. The fourth-order valence-corrected chi connectivity index (χ4v) is 3.71. The number of hydrogen-bond acceptors (Lipinski definition) is 4. The molecule has 1 heterocycles. The molecule has 31 heavy (non-hydrogen) atoms. The highest BCUT2D eigenvalue weighted by atomic mass is 19.4. The van der Waals surface area contributed by atoms with Gasteiger partial charge in [-0.2, -0.15) is 13.2 Å². The molecule has 1 saturated carbocycles. The van der Waals surface area contributed by atoms with Gasteiger partial charge in [-0.1, -0.05) is 37.1 Å². The molecule has 0 aliphatic heterocycles. The Hall–Kier alpha value is -2.85. The number of H-pyrrole nitrogens is 1. The van der Waals surface area contributed by atoms with Crippen LogP contribution < -0.4 is 27.1 Å². The minimum absolute atomic E-state index is 0.195. The molecule has 2 aromatic rings. The number of aromatic nitrogens is 1. The molecule has 1 unspecified atom stereocenters. The van der Waals surface area contributed by atoms with Gasteiger partial charge in [-0.25, -0.2) is 4.79 Å². The van der Waals surface area contributed by atoms with Gasteiger partial charge in [0.2, 0.25) is 0 Å². The second-order valence-corrected chi connectivity index (χ2v) is 7.62. The average molecular weight is 437 g/mol. The van der Waals surface area contributed by atoms with Crippen molar-refractivity contribution < 1.29 is 18.0 Å². The number of carbonyl (C=O) groups is 1. The molecule has 1 fully saturated rings. The van der Waals surface area contributed by atoms with Crippen LogP contribution in [0.5, 0.6) is 0 Å². The molecule has 1 aliphatic carbocycles. The minimum atomic E-state index is -4.31. The molecular weight excluding hydrogens is 411 g/mol. The molecule has 168 valence electrons. The minimum Gasteiger partial charge on any atom is -0.347 e. The monoisotopic (exact) mass is 437 g/mol. The predicted molar refractivity (Wildman–Crippen MR) is 113 cm³/mol. The quantitative estimate of drug-likeness (QED) is 0.478. The van der Waals surface area contributed by atoms with Crippen molar-refractivity contribution in [1.29, 1.82) is 0 Å². The summed E-state index contributed by atoms with van der Waals surface area (Å²) in [5.74, 6) is 0.195. The van der Waals surface area contributed by atoms with E-state index in [2.05, 4.69) is 20.9 Å². The van der Waals surface area contributed by atoms with Crippen LogP contribution in [0, 0.1) is 0 Å². The molecule has 1 aromatic carbocycles. The van der Waals surface area contributed by atoms with E-state index < -0.39 is 30.8 Å². The van der Waals surface area contributed by atoms with E-state index in [0.29, 0.717) is 24.9 Å². The molecule has 2 atom stereocenters. The number of halogens is 3. The molecule has 0 saturated heterocycles.